The minimum absolute atomic E-state index is 0.325. The van der Waals surface area contributed by atoms with Gasteiger partial charge in [0.05, 0.1) is 0 Å². The summed E-state index contributed by atoms with van der Waals surface area (Å²) >= 11 is 0. The van der Waals surface area contributed by atoms with Crippen molar-refractivity contribution in [3.8, 4) is 0 Å². The van der Waals surface area contributed by atoms with Crippen molar-refractivity contribution >= 4 is 10.1 Å². The first-order valence-corrected chi connectivity index (χ1v) is 5.76. The average molecular weight is 236 g/mol. The molecule has 1 aromatic carbocycles. The van der Waals surface area contributed by atoms with Crippen LogP contribution in [-0.2, 0) is 16.5 Å². The van der Waals surface area contributed by atoms with E-state index < -0.39 is 28.2 Å². The Morgan fingerprint density at radius 2 is 1.73 bits per heavy atom. The SMILES string of the molecule is O=S(=O)(O)CC(F)(F)Cc1ccccc1. The van der Waals surface area contributed by atoms with Gasteiger partial charge in [-0.15, -0.1) is 0 Å². The summed E-state index contributed by atoms with van der Waals surface area (Å²) in [6.07, 6.45) is -0.701. The second-order valence-electron chi connectivity index (χ2n) is 3.24. The molecule has 0 aliphatic heterocycles. The van der Waals surface area contributed by atoms with Crippen molar-refractivity contribution in [2.45, 2.75) is 12.3 Å². The number of hydrogen-bond acceptors (Lipinski definition) is 2. The van der Waals surface area contributed by atoms with Crippen molar-refractivity contribution in [1.82, 2.24) is 0 Å². The van der Waals surface area contributed by atoms with E-state index in [2.05, 4.69) is 0 Å². The Morgan fingerprint density at radius 3 is 2.20 bits per heavy atom. The molecule has 0 spiro atoms. The second-order valence-corrected chi connectivity index (χ2v) is 4.70. The molecule has 15 heavy (non-hydrogen) atoms. The Morgan fingerprint density at radius 1 is 1.20 bits per heavy atom. The van der Waals surface area contributed by atoms with Crippen molar-refractivity contribution in [3.05, 3.63) is 35.9 Å². The van der Waals surface area contributed by atoms with Gasteiger partial charge in [0.15, 0.2) is 0 Å². The van der Waals surface area contributed by atoms with Gasteiger partial charge in [0.1, 0.15) is 5.75 Å². The third-order valence-electron chi connectivity index (χ3n) is 1.70. The quantitative estimate of drug-likeness (QED) is 0.810. The van der Waals surface area contributed by atoms with Crippen LogP contribution in [0.2, 0.25) is 0 Å². The minimum Gasteiger partial charge on any atom is -0.285 e. The van der Waals surface area contributed by atoms with Crippen LogP contribution in [0.25, 0.3) is 0 Å². The molecule has 0 fully saturated rings. The van der Waals surface area contributed by atoms with E-state index in [1.54, 1.807) is 18.2 Å². The molecule has 0 amide bonds. The molecule has 1 rings (SSSR count). The van der Waals surface area contributed by atoms with Gasteiger partial charge in [-0.3, -0.25) is 4.55 Å². The van der Waals surface area contributed by atoms with Crippen LogP contribution in [-0.4, -0.2) is 24.6 Å². The Kier molecular flexibility index (Phi) is 3.41. The number of hydrogen-bond donors (Lipinski definition) is 1. The van der Waals surface area contributed by atoms with Gasteiger partial charge in [-0.05, 0) is 5.56 Å². The first kappa shape index (κ1) is 12.1. The first-order valence-electron chi connectivity index (χ1n) is 4.15. The van der Waals surface area contributed by atoms with Gasteiger partial charge in [-0.2, -0.15) is 8.42 Å². The van der Waals surface area contributed by atoms with E-state index in [-0.39, 0.29) is 0 Å². The van der Waals surface area contributed by atoms with E-state index in [4.69, 9.17) is 4.55 Å². The van der Waals surface area contributed by atoms with Gasteiger partial charge >= 0.3 is 0 Å². The molecule has 0 saturated carbocycles. The van der Waals surface area contributed by atoms with Crippen LogP contribution >= 0.6 is 0 Å². The molecule has 0 radical (unpaired) electrons. The summed E-state index contributed by atoms with van der Waals surface area (Å²) in [7, 11) is -4.65. The molecule has 0 aromatic heterocycles. The zero-order valence-electron chi connectivity index (χ0n) is 7.73. The second kappa shape index (κ2) is 4.24. The van der Waals surface area contributed by atoms with Gasteiger partial charge in [-0.25, -0.2) is 8.78 Å². The van der Waals surface area contributed by atoms with Gasteiger partial charge in [0.25, 0.3) is 16.0 Å². The van der Waals surface area contributed by atoms with Crippen LogP contribution in [0, 0.1) is 0 Å². The molecule has 1 aromatic rings. The van der Waals surface area contributed by atoms with Crippen molar-refractivity contribution in [1.29, 1.82) is 0 Å². The zero-order valence-corrected chi connectivity index (χ0v) is 8.55. The maximum atomic E-state index is 13.1. The Hall–Kier alpha value is -1.01. The maximum Gasteiger partial charge on any atom is 0.270 e. The summed E-state index contributed by atoms with van der Waals surface area (Å²) in [4.78, 5) is 0. The summed E-state index contributed by atoms with van der Waals surface area (Å²) in [6, 6.07) is 7.78. The van der Waals surface area contributed by atoms with Crippen LogP contribution in [0.15, 0.2) is 30.3 Å². The monoisotopic (exact) mass is 236 g/mol. The lowest BCUT2D eigenvalue weighted by Gasteiger charge is -2.14. The standard InChI is InChI=1S/C9H10F2O3S/c10-9(11,7-15(12,13)14)6-8-4-2-1-3-5-8/h1-5H,6-7H2,(H,12,13,14). The number of alkyl halides is 2. The molecule has 0 saturated heterocycles. The number of halogens is 2. The Bertz CT molecular complexity index is 414. The van der Waals surface area contributed by atoms with Crippen molar-refractivity contribution in [2.75, 3.05) is 5.75 Å². The predicted molar refractivity (Wildman–Crippen MR) is 51.5 cm³/mol. The highest BCUT2D eigenvalue weighted by Crippen LogP contribution is 2.21. The highest BCUT2D eigenvalue weighted by atomic mass is 32.2. The minimum atomic E-state index is -4.65. The topological polar surface area (TPSA) is 54.4 Å². The lowest BCUT2D eigenvalue weighted by Crippen LogP contribution is -2.29. The van der Waals surface area contributed by atoms with E-state index in [0.717, 1.165) is 0 Å². The van der Waals surface area contributed by atoms with E-state index in [0.29, 0.717) is 5.56 Å². The third kappa shape index (κ3) is 4.85. The van der Waals surface area contributed by atoms with E-state index in [1.165, 1.54) is 12.1 Å². The van der Waals surface area contributed by atoms with E-state index >= 15 is 0 Å². The zero-order chi connectivity index (χ0) is 11.5. The molecule has 84 valence electrons. The molecule has 6 heteroatoms. The van der Waals surface area contributed by atoms with E-state index in [9.17, 15) is 17.2 Å². The normalized spacial score (nSPS) is 12.7. The van der Waals surface area contributed by atoms with Gasteiger partial charge in [0, 0.05) is 6.42 Å². The Balaban J connectivity index is 2.73. The van der Waals surface area contributed by atoms with Crippen LogP contribution in [0.4, 0.5) is 8.78 Å². The Labute approximate surface area is 86.5 Å². The van der Waals surface area contributed by atoms with Gasteiger partial charge in [0.2, 0.25) is 0 Å². The van der Waals surface area contributed by atoms with Crippen LogP contribution in [0.1, 0.15) is 5.56 Å². The fraction of sp³-hybridized carbons (Fsp3) is 0.333. The molecule has 0 aliphatic rings. The van der Waals surface area contributed by atoms with E-state index in [1.807, 2.05) is 0 Å². The van der Waals surface area contributed by atoms with Gasteiger partial charge in [-0.1, -0.05) is 30.3 Å². The van der Waals surface area contributed by atoms with Crippen molar-refractivity contribution in [2.24, 2.45) is 0 Å². The summed E-state index contributed by atoms with van der Waals surface area (Å²) < 4.78 is 55.1. The van der Waals surface area contributed by atoms with Crippen molar-refractivity contribution < 1.29 is 21.8 Å². The maximum absolute atomic E-state index is 13.1. The summed E-state index contributed by atoms with van der Waals surface area (Å²) in [5.41, 5.74) is 0.325. The number of benzene rings is 1. The molecule has 1 N–H and O–H groups in total. The van der Waals surface area contributed by atoms with Crippen LogP contribution < -0.4 is 0 Å². The molecule has 0 atom stereocenters. The molecule has 0 unspecified atom stereocenters. The third-order valence-corrected chi connectivity index (χ3v) is 2.49. The molecule has 3 nitrogen and oxygen atoms in total. The van der Waals surface area contributed by atoms with Gasteiger partial charge < -0.3 is 0 Å². The first-order chi connectivity index (χ1) is 6.79. The highest BCUT2D eigenvalue weighted by Gasteiger charge is 2.34. The van der Waals surface area contributed by atoms with Crippen LogP contribution in [0.5, 0.6) is 0 Å². The smallest absolute Gasteiger partial charge is 0.270 e. The molecular formula is C9H10F2O3S. The molecular weight excluding hydrogens is 226 g/mol. The largest absolute Gasteiger partial charge is 0.285 e. The lowest BCUT2D eigenvalue weighted by atomic mass is 10.1. The molecule has 0 bridgehead atoms. The predicted octanol–water partition coefficient (Wildman–Crippen LogP) is 1.75. The number of rotatable bonds is 4. The fourth-order valence-electron chi connectivity index (χ4n) is 1.21. The lowest BCUT2D eigenvalue weighted by molar-refractivity contribution is 0.0249. The summed E-state index contributed by atoms with van der Waals surface area (Å²) in [5.74, 6) is -5.00. The molecule has 0 aliphatic carbocycles. The van der Waals surface area contributed by atoms with Crippen LogP contribution in [0.3, 0.4) is 0 Å². The highest BCUT2D eigenvalue weighted by molar-refractivity contribution is 7.85. The summed E-state index contributed by atoms with van der Waals surface area (Å²) in [6.45, 7) is 0. The average Bonchev–Trinajstić information content (AvgIpc) is 1.99. The van der Waals surface area contributed by atoms with Crippen molar-refractivity contribution in [3.63, 3.8) is 0 Å². The molecule has 0 heterocycles. The summed E-state index contributed by atoms with van der Waals surface area (Å²) in [5, 5.41) is 0. The fourth-order valence-corrected chi connectivity index (χ4v) is 1.85.